The molecular formula is C11H9Cl2N3O. The number of nitrogens with zero attached hydrogens (tertiary/aromatic N) is 2. The second-order valence-corrected chi connectivity index (χ2v) is 4.27. The molecule has 0 aliphatic rings. The lowest BCUT2D eigenvalue weighted by atomic mass is 10.2. The van der Waals surface area contributed by atoms with E-state index in [1.165, 1.54) is 16.8 Å². The van der Waals surface area contributed by atoms with Crippen LogP contribution in [0.3, 0.4) is 0 Å². The third-order valence-electron chi connectivity index (χ3n) is 2.26. The largest absolute Gasteiger partial charge is 0.382 e. The van der Waals surface area contributed by atoms with Gasteiger partial charge in [-0.2, -0.15) is 5.10 Å². The summed E-state index contributed by atoms with van der Waals surface area (Å²) in [5, 5.41) is 4.90. The second-order valence-electron chi connectivity index (χ2n) is 3.45. The van der Waals surface area contributed by atoms with Crippen LogP contribution in [0.4, 0.5) is 5.82 Å². The predicted molar refractivity (Wildman–Crippen MR) is 68.5 cm³/mol. The quantitative estimate of drug-likeness (QED) is 0.909. The summed E-state index contributed by atoms with van der Waals surface area (Å²) in [5.41, 5.74) is 5.92. The van der Waals surface area contributed by atoms with Gasteiger partial charge in [0, 0.05) is 21.7 Å². The Morgan fingerprint density at radius 1 is 1.18 bits per heavy atom. The van der Waals surface area contributed by atoms with E-state index in [1.807, 2.05) is 0 Å². The normalized spacial score (nSPS) is 10.5. The van der Waals surface area contributed by atoms with E-state index >= 15 is 0 Å². The highest BCUT2D eigenvalue weighted by molar-refractivity contribution is 6.35. The molecule has 0 saturated carbocycles. The average molecular weight is 270 g/mol. The number of anilines is 1. The van der Waals surface area contributed by atoms with Gasteiger partial charge < -0.3 is 5.73 Å². The first-order valence-electron chi connectivity index (χ1n) is 4.84. The highest BCUT2D eigenvalue weighted by Crippen LogP contribution is 2.24. The molecule has 6 heteroatoms. The minimum Gasteiger partial charge on any atom is -0.382 e. The van der Waals surface area contributed by atoms with Gasteiger partial charge in [-0.25, -0.2) is 4.68 Å². The van der Waals surface area contributed by atoms with Gasteiger partial charge in [0.25, 0.3) is 5.56 Å². The molecule has 1 aromatic carbocycles. The first kappa shape index (κ1) is 12.0. The molecule has 0 spiro atoms. The Kier molecular flexibility index (Phi) is 3.36. The van der Waals surface area contributed by atoms with E-state index in [2.05, 4.69) is 5.10 Å². The van der Waals surface area contributed by atoms with Gasteiger partial charge in [0.2, 0.25) is 0 Å². The van der Waals surface area contributed by atoms with Gasteiger partial charge in [-0.15, -0.1) is 0 Å². The van der Waals surface area contributed by atoms with E-state index in [-0.39, 0.29) is 17.9 Å². The smallest absolute Gasteiger partial charge is 0.267 e. The number of nitrogen functional groups attached to an aromatic ring is 1. The Bertz CT molecular complexity index is 590. The molecule has 0 aliphatic carbocycles. The molecule has 0 unspecified atom stereocenters. The van der Waals surface area contributed by atoms with Crippen LogP contribution in [0.15, 0.2) is 35.1 Å². The summed E-state index contributed by atoms with van der Waals surface area (Å²) in [4.78, 5) is 11.6. The number of benzene rings is 1. The molecule has 0 fully saturated rings. The van der Waals surface area contributed by atoms with Crippen molar-refractivity contribution in [3.05, 3.63) is 56.3 Å². The maximum atomic E-state index is 11.6. The highest BCUT2D eigenvalue weighted by atomic mass is 35.5. The Balaban J connectivity index is 2.45. The summed E-state index contributed by atoms with van der Waals surface area (Å²) in [6, 6.07) is 7.96. The van der Waals surface area contributed by atoms with E-state index < -0.39 is 0 Å². The van der Waals surface area contributed by atoms with Gasteiger partial charge in [-0.05, 0) is 18.2 Å². The Labute approximate surface area is 108 Å². The van der Waals surface area contributed by atoms with Crippen LogP contribution < -0.4 is 11.3 Å². The van der Waals surface area contributed by atoms with Crippen LogP contribution in [0.1, 0.15) is 5.56 Å². The van der Waals surface area contributed by atoms with Gasteiger partial charge in [0.15, 0.2) is 0 Å². The van der Waals surface area contributed by atoms with Crippen molar-refractivity contribution in [1.29, 1.82) is 0 Å². The molecule has 0 aliphatic heterocycles. The molecule has 1 heterocycles. The maximum absolute atomic E-state index is 11.6. The fourth-order valence-electron chi connectivity index (χ4n) is 1.41. The van der Waals surface area contributed by atoms with E-state index in [9.17, 15) is 4.79 Å². The van der Waals surface area contributed by atoms with Gasteiger partial charge in [0.05, 0.1) is 6.54 Å². The number of nitrogens with two attached hydrogens (primary N) is 1. The van der Waals surface area contributed by atoms with Gasteiger partial charge in [0.1, 0.15) is 5.82 Å². The Morgan fingerprint density at radius 2 is 1.82 bits per heavy atom. The summed E-state index contributed by atoms with van der Waals surface area (Å²) < 4.78 is 1.22. The van der Waals surface area contributed by atoms with Crippen molar-refractivity contribution in [3.8, 4) is 0 Å². The van der Waals surface area contributed by atoms with Crippen molar-refractivity contribution >= 4 is 29.0 Å². The van der Waals surface area contributed by atoms with Crippen molar-refractivity contribution in [3.63, 3.8) is 0 Å². The van der Waals surface area contributed by atoms with Crippen molar-refractivity contribution in [2.45, 2.75) is 6.54 Å². The fourth-order valence-corrected chi connectivity index (χ4v) is 1.93. The minimum absolute atomic E-state index is 0.197. The number of rotatable bonds is 2. The molecule has 17 heavy (non-hydrogen) atoms. The number of hydrogen-bond acceptors (Lipinski definition) is 3. The van der Waals surface area contributed by atoms with Crippen LogP contribution in [0, 0.1) is 0 Å². The Hall–Kier alpha value is -1.52. The lowest BCUT2D eigenvalue weighted by molar-refractivity contribution is 0.644. The third-order valence-corrected chi connectivity index (χ3v) is 2.97. The average Bonchev–Trinajstić information content (AvgIpc) is 2.28. The number of halogens is 2. The van der Waals surface area contributed by atoms with Gasteiger partial charge in [-0.1, -0.05) is 29.3 Å². The summed E-state index contributed by atoms with van der Waals surface area (Å²) >= 11 is 12.0. The molecule has 2 aromatic rings. The molecule has 0 amide bonds. The SMILES string of the molecule is Nc1ccc(=O)n(Cc2c(Cl)cccc2Cl)n1. The molecule has 2 rings (SSSR count). The number of hydrogen-bond donors (Lipinski definition) is 1. The van der Waals surface area contributed by atoms with Crippen molar-refractivity contribution in [2.75, 3.05) is 5.73 Å². The first-order valence-corrected chi connectivity index (χ1v) is 5.60. The fraction of sp³-hybridized carbons (Fsp3) is 0.0909. The van der Waals surface area contributed by atoms with Crippen LogP contribution in [0.2, 0.25) is 10.0 Å². The lowest BCUT2D eigenvalue weighted by Gasteiger charge is -2.08. The molecule has 0 saturated heterocycles. The molecule has 2 N–H and O–H groups in total. The monoisotopic (exact) mass is 269 g/mol. The second kappa shape index (κ2) is 4.77. The van der Waals surface area contributed by atoms with E-state index in [1.54, 1.807) is 18.2 Å². The third kappa shape index (κ3) is 2.60. The predicted octanol–water partition coefficient (Wildman–Crippen LogP) is 2.18. The van der Waals surface area contributed by atoms with Crippen molar-refractivity contribution in [1.82, 2.24) is 9.78 Å². The zero-order valence-electron chi connectivity index (χ0n) is 8.73. The number of aromatic nitrogens is 2. The van der Waals surface area contributed by atoms with Crippen LogP contribution in [-0.4, -0.2) is 9.78 Å². The first-order chi connectivity index (χ1) is 8.08. The molecule has 1 aromatic heterocycles. The summed E-state index contributed by atoms with van der Waals surface area (Å²) in [5.74, 6) is 0.271. The van der Waals surface area contributed by atoms with Crippen LogP contribution in [-0.2, 0) is 6.54 Å². The maximum Gasteiger partial charge on any atom is 0.267 e. The molecule has 88 valence electrons. The summed E-state index contributed by atoms with van der Waals surface area (Å²) in [6.45, 7) is 0.197. The zero-order chi connectivity index (χ0) is 12.4. The van der Waals surface area contributed by atoms with Crippen molar-refractivity contribution in [2.24, 2.45) is 0 Å². The molecule has 4 nitrogen and oxygen atoms in total. The summed E-state index contributed by atoms with van der Waals surface area (Å²) in [7, 11) is 0. The molecular weight excluding hydrogens is 261 g/mol. The van der Waals surface area contributed by atoms with Crippen LogP contribution in [0.25, 0.3) is 0 Å². The topological polar surface area (TPSA) is 60.9 Å². The van der Waals surface area contributed by atoms with Crippen molar-refractivity contribution < 1.29 is 0 Å². The Morgan fingerprint density at radius 3 is 2.47 bits per heavy atom. The summed E-state index contributed by atoms with van der Waals surface area (Å²) in [6.07, 6.45) is 0. The lowest BCUT2D eigenvalue weighted by Crippen LogP contribution is -2.23. The van der Waals surface area contributed by atoms with E-state index in [4.69, 9.17) is 28.9 Å². The van der Waals surface area contributed by atoms with E-state index in [0.29, 0.717) is 15.6 Å². The highest BCUT2D eigenvalue weighted by Gasteiger charge is 2.08. The van der Waals surface area contributed by atoms with E-state index in [0.717, 1.165) is 0 Å². The molecule has 0 radical (unpaired) electrons. The van der Waals surface area contributed by atoms with Crippen LogP contribution in [0.5, 0.6) is 0 Å². The molecule has 0 bridgehead atoms. The van der Waals surface area contributed by atoms with Gasteiger partial charge in [-0.3, -0.25) is 4.79 Å². The zero-order valence-corrected chi connectivity index (χ0v) is 10.2. The molecule has 0 atom stereocenters. The van der Waals surface area contributed by atoms with Crippen LogP contribution >= 0.6 is 23.2 Å². The minimum atomic E-state index is -0.254. The van der Waals surface area contributed by atoms with Gasteiger partial charge >= 0.3 is 0 Å². The standard InChI is InChI=1S/C11H9Cl2N3O/c12-8-2-1-3-9(13)7(8)6-16-11(17)5-4-10(14)15-16/h1-5H,6H2,(H2,14,15).